The summed E-state index contributed by atoms with van der Waals surface area (Å²) in [6, 6.07) is 4.53. The first kappa shape index (κ1) is 15.5. The van der Waals surface area contributed by atoms with E-state index < -0.39 is 0 Å². The Hall–Kier alpha value is -1.90. The van der Waals surface area contributed by atoms with E-state index in [1.165, 1.54) is 12.8 Å². The molecule has 3 N–H and O–H groups in total. The molecule has 1 aromatic rings. The highest BCUT2D eigenvalue weighted by atomic mass is 16.1. The molecule has 0 bridgehead atoms. The number of aromatic nitrogens is 1. The summed E-state index contributed by atoms with van der Waals surface area (Å²) in [6.07, 6.45) is 4.12. The Morgan fingerprint density at radius 3 is 3.05 bits per heavy atom. The molecule has 1 heterocycles. The average Bonchev–Trinajstić information content (AvgIpc) is 3.34. The number of carbonyl (C=O) groups excluding carboxylic acids is 1. The molecule has 1 amide bonds. The van der Waals surface area contributed by atoms with Crippen molar-refractivity contribution < 1.29 is 4.79 Å². The smallest absolute Gasteiger partial charge is 0.271 e. The van der Waals surface area contributed by atoms with Gasteiger partial charge in [-0.25, -0.2) is 4.98 Å². The maximum atomic E-state index is 12.3. The number of hydrogen-bond donors (Lipinski definition) is 2. The monoisotopic (exact) mass is 286 g/mol. The molecule has 5 nitrogen and oxygen atoms in total. The number of rotatable bonds is 5. The number of amides is 1. The zero-order chi connectivity index (χ0) is 15.2. The number of likely N-dealkylation sites (N-methyl/N-ethyl adjacent to an activating group) is 1. The minimum atomic E-state index is -0.187. The topological polar surface area (TPSA) is 71.2 Å². The second-order valence-electron chi connectivity index (χ2n) is 5.36. The van der Waals surface area contributed by atoms with Gasteiger partial charge in [0.2, 0.25) is 0 Å². The SMILES string of the molecule is CC(CNC(=O)c1ncccc1C#CCN)N(C)C1CC1. The molecule has 5 heteroatoms. The van der Waals surface area contributed by atoms with E-state index >= 15 is 0 Å². The largest absolute Gasteiger partial charge is 0.349 e. The minimum Gasteiger partial charge on any atom is -0.349 e. The van der Waals surface area contributed by atoms with E-state index in [2.05, 4.69) is 41.0 Å². The van der Waals surface area contributed by atoms with Crippen molar-refractivity contribution in [1.82, 2.24) is 15.2 Å². The molecule has 0 radical (unpaired) electrons. The molecule has 21 heavy (non-hydrogen) atoms. The van der Waals surface area contributed by atoms with Crippen LogP contribution >= 0.6 is 0 Å². The van der Waals surface area contributed by atoms with Crippen molar-refractivity contribution >= 4 is 5.91 Å². The second-order valence-corrected chi connectivity index (χ2v) is 5.36. The Kier molecular flexibility index (Phi) is 5.32. The van der Waals surface area contributed by atoms with E-state index in [-0.39, 0.29) is 12.5 Å². The van der Waals surface area contributed by atoms with Crippen LogP contribution in [0.25, 0.3) is 0 Å². The predicted octanol–water partition coefficient (Wildman–Crippen LogP) is 0.604. The molecule has 0 spiro atoms. The normalized spacial score (nSPS) is 15.2. The van der Waals surface area contributed by atoms with Gasteiger partial charge in [-0.15, -0.1) is 0 Å². The molecular formula is C16H22N4O. The Labute approximate surface area is 125 Å². The second kappa shape index (κ2) is 7.21. The first-order valence-corrected chi connectivity index (χ1v) is 7.27. The first-order chi connectivity index (χ1) is 10.1. The van der Waals surface area contributed by atoms with Gasteiger partial charge in [0.1, 0.15) is 5.69 Å². The van der Waals surface area contributed by atoms with Crippen LogP contribution in [0.15, 0.2) is 18.3 Å². The van der Waals surface area contributed by atoms with Gasteiger partial charge in [0.15, 0.2) is 0 Å². The van der Waals surface area contributed by atoms with Crippen molar-refractivity contribution in [1.29, 1.82) is 0 Å². The third-order valence-corrected chi connectivity index (χ3v) is 3.72. The number of pyridine rings is 1. The molecule has 1 aliphatic carbocycles. The summed E-state index contributed by atoms with van der Waals surface area (Å²) >= 11 is 0. The zero-order valence-electron chi connectivity index (χ0n) is 12.6. The third-order valence-electron chi connectivity index (χ3n) is 3.72. The third kappa shape index (κ3) is 4.28. The van der Waals surface area contributed by atoms with Crippen LogP contribution in [0.1, 0.15) is 35.8 Å². The lowest BCUT2D eigenvalue weighted by atomic mass is 10.2. The van der Waals surface area contributed by atoms with Crippen LogP contribution in [0.3, 0.4) is 0 Å². The molecule has 112 valence electrons. The predicted molar refractivity (Wildman–Crippen MR) is 82.7 cm³/mol. The Balaban J connectivity index is 1.96. The van der Waals surface area contributed by atoms with Gasteiger partial charge in [-0.05, 0) is 38.9 Å². The number of hydrogen-bond acceptors (Lipinski definition) is 4. The lowest BCUT2D eigenvalue weighted by molar-refractivity contribution is 0.0934. The van der Waals surface area contributed by atoms with Crippen molar-refractivity contribution in [2.24, 2.45) is 5.73 Å². The van der Waals surface area contributed by atoms with E-state index in [4.69, 9.17) is 5.73 Å². The summed E-state index contributed by atoms with van der Waals surface area (Å²) in [5, 5.41) is 2.94. The molecule has 0 aliphatic heterocycles. The van der Waals surface area contributed by atoms with Gasteiger partial charge >= 0.3 is 0 Å². The molecular weight excluding hydrogens is 264 g/mol. The highest BCUT2D eigenvalue weighted by Crippen LogP contribution is 2.26. The lowest BCUT2D eigenvalue weighted by Crippen LogP contribution is -2.41. The van der Waals surface area contributed by atoms with Gasteiger partial charge in [0.25, 0.3) is 5.91 Å². The van der Waals surface area contributed by atoms with Crippen molar-refractivity contribution in [2.45, 2.75) is 31.8 Å². The summed E-state index contributed by atoms with van der Waals surface area (Å²) in [5.74, 6) is 5.45. The fourth-order valence-electron chi connectivity index (χ4n) is 2.14. The van der Waals surface area contributed by atoms with Crippen molar-refractivity contribution in [3.8, 4) is 11.8 Å². The van der Waals surface area contributed by atoms with Crippen LogP contribution in [-0.2, 0) is 0 Å². The highest BCUT2D eigenvalue weighted by molar-refractivity contribution is 5.94. The standard InChI is InChI=1S/C16H22N4O/c1-12(20(2)14-7-8-14)11-19-16(21)15-13(5-3-9-17)6-4-10-18-15/h4,6,10,12,14H,7-9,11,17H2,1-2H3,(H,19,21). The van der Waals surface area contributed by atoms with Gasteiger partial charge < -0.3 is 11.1 Å². The summed E-state index contributed by atoms with van der Waals surface area (Å²) in [6.45, 7) is 2.98. The maximum Gasteiger partial charge on any atom is 0.271 e. The molecule has 0 aromatic carbocycles. The molecule has 2 rings (SSSR count). The molecule has 1 atom stereocenters. The van der Waals surface area contributed by atoms with Crippen molar-refractivity contribution in [3.05, 3.63) is 29.6 Å². The first-order valence-electron chi connectivity index (χ1n) is 7.27. The van der Waals surface area contributed by atoms with E-state index in [1.807, 2.05) is 0 Å². The maximum absolute atomic E-state index is 12.3. The van der Waals surface area contributed by atoms with E-state index in [0.717, 1.165) is 0 Å². The van der Waals surface area contributed by atoms with Gasteiger partial charge in [-0.2, -0.15) is 0 Å². The highest BCUT2D eigenvalue weighted by Gasteiger charge is 2.29. The van der Waals surface area contributed by atoms with Gasteiger partial charge in [-0.3, -0.25) is 9.69 Å². The van der Waals surface area contributed by atoms with Crippen LogP contribution in [-0.4, -0.2) is 48.0 Å². The van der Waals surface area contributed by atoms with Crippen LogP contribution in [0.5, 0.6) is 0 Å². The number of nitrogens with one attached hydrogen (secondary N) is 1. The summed E-state index contributed by atoms with van der Waals surface area (Å²) in [4.78, 5) is 18.7. The minimum absolute atomic E-state index is 0.187. The van der Waals surface area contributed by atoms with E-state index in [9.17, 15) is 4.79 Å². The number of nitrogens with two attached hydrogens (primary N) is 1. The molecule has 1 aromatic heterocycles. The van der Waals surface area contributed by atoms with Gasteiger partial charge in [-0.1, -0.05) is 11.8 Å². The van der Waals surface area contributed by atoms with E-state index in [0.29, 0.717) is 29.9 Å². The van der Waals surface area contributed by atoms with Crippen LogP contribution in [0.2, 0.25) is 0 Å². The Morgan fingerprint density at radius 1 is 1.62 bits per heavy atom. The molecule has 0 saturated heterocycles. The van der Waals surface area contributed by atoms with Gasteiger partial charge in [0, 0.05) is 24.8 Å². The Bertz CT molecular complexity index is 557. The molecule has 1 unspecified atom stereocenters. The number of nitrogens with zero attached hydrogens (tertiary/aromatic N) is 2. The fraction of sp³-hybridized carbons (Fsp3) is 0.500. The van der Waals surface area contributed by atoms with Crippen molar-refractivity contribution in [2.75, 3.05) is 20.1 Å². The zero-order valence-corrected chi connectivity index (χ0v) is 12.6. The van der Waals surface area contributed by atoms with E-state index in [1.54, 1.807) is 18.3 Å². The van der Waals surface area contributed by atoms with Crippen LogP contribution in [0.4, 0.5) is 0 Å². The quantitative estimate of drug-likeness (QED) is 0.778. The molecule has 1 aliphatic rings. The molecule has 1 fully saturated rings. The molecule has 1 saturated carbocycles. The van der Waals surface area contributed by atoms with Gasteiger partial charge in [0.05, 0.1) is 12.1 Å². The summed E-state index contributed by atoms with van der Waals surface area (Å²) < 4.78 is 0. The van der Waals surface area contributed by atoms with Crippen LogP contribution < -0.4 is 11.1 Å². The lowest BCUT2D eigenvalue weighted by Gasteiger charge is -2.24. The average molecular weight is 286 g/mol. The number of carbonyl (C=O) groups is 1. The summed E-state index contributed by atoms with van der Waals surface area (Å²) in [7, 11) is 2.10. The summed E-state index contributed by atoms with van der Waals surface area (Å²) in [5.41, 5.74) is 6.34. The Morgan fingerprint density at radius 2 is 2.38 bits per heavy atom. The fourth-order valence-corrected chi connectivity index (χ4v) is 2.14. The van der Waals surface area contributed by atoms with Crippen molar-refractivity contribution in [3.63, 3.8) is 0 Å². The van der Waals surface area contributed by atoms with Crippen LogP contribution in [0, 0.1) is 11.8 Å².